The molecule has 0 atom stereocenters. The first-order valence-corrected chi connectivity index (χ1v) is 11.5. The average molecular weight is 446 g/mol. The highest BCUT2D eigenvalue weighted by Gasteiger charge is 2.25. The minimum atomic E-state index is -3.71. The quantitative estimate of drug-likeness (QED) is 0.655. The third-order valence-electron chi connectivity index (χ3n) is 5.24. The average Bonchev–Trinajstić information content (AvgIpc) is 2.77. The number of anilines is 1. The summed E-state index contributed by atoms with van der Waals surface area (Å²) in [6, 6.07) is 11.1. The minimum absolute atomic E-state index is 0.0286. The molecule has 0 aliphatic carbocycles. The Morgan fingerprint density at radius 2 is 1.77 bits per heavy atom. The predicted molar refractivity (Wildman–Crippen MR) is 117 cm³/mol. The van der Waals surface area contributed by atoms with Gasteiger partial charge < -0.3 is 15.4 Å². The predicted octanol–water partition coefficient (Wildman–Crippen LogP) is 2.38. The molecule has 9 heteroatoms. The van der Waals surface area contributed by atoms with Crippen LogP contribution in [0.4, 0.5) is 5.69 Å². The maximum atomic E-state index is 13.0. The number of hydrogen-bond donors (Lipinski definition) is 1. The molecule has 0 aromatic heterocycles. The minimum Gasteiger partial charge on any atom is -0.457 e. The summed E-state index contributed by atoms with van der Waals surface area (Å²) >= 11 is 0. The topological polar surface area (TPSA) is 110 Å². The number of amides is 1. The van der Waals surface area contributed by atoms with Gasteiger partial charge in [0, 0.05) is 32.7 Å². The number of primary amides is 1. The van der Waals surface area contributed by atoms with Crippen molar-refractivity contribution in [1.82, 2.24) is 4.31 Å². The monoisotopic (exact) mass is 445 g/mol. The molecule has 1 saturated heterocycles. The van der Waals surface area contributed by atoms with Crippen molar-refractivity contribution in [2.24, 2.45) is 5.73 Å². The molecular formula is C22H27N3O5S. The van der Waals surface area contributed by atoms with E-state index in [1.165, 1.54) is 26.2 Å². The van der Waals surface area contributed by atoms with Crippen LogP contribution in [0.5, 0.6) is 0 Å². The van der Waals surface area contributed by atoms with Crippen molar-refractivity contribution >= 4 is 27.6 Å². The number of esters is 1. The van der Waals surface area contributed by atoms with Crippen molar-refractivity contribution in [3.05, 3.63) is 59.2 Å². The van der Waals surface area contributed by atoms with Crippen molar-refractivity contribution in [2.45, 2.75) is 30.8 Å². The summed E-state index contributed by atoms with van der Waals surface area (Å²) in [6.45, 7) is 1.52. The molecule has 166 valence electrons. The molecule has 31 heavy (non-hydrogen) atoms. The maximum absolute atomic E-state index is 13.0. The summed E-state index contributed by atoms with van der Waals surface area (Å²) in [7, 11) is -0.823. The van der Waals surface area contributed by atoms with Gasteiger partial charge in [-0.25, -0.2) is 17.5 Å². The van der Waals surface area contributed by atoms with Crippen LogP contribution in [0.2, 0.25) is 0 Å². The fourth-order valence-electron chi connectivity index (χ4n) is 3.50. The van der Waals surface area contributed by atoms with Crippen molar-refractivity contribution in [3.8, 4) is 0 Å². The van der Waals surface area contributed by atoms with Crippen LogP contribution in [-0.2, 0) is 21.4 Å². The Hall–Kier alpha value is -2.91. The smallest absolute Gasteiger partial charge is 0.340 e. The standard InChI is InChI=1S/C22H27N3O5S/c1-24(2)31(28,29)18-9-10-20(25-11-4-3-5-12-25)19(14-18)22(27)30-15-16-7-6-8-17(13-16)21(23)26/h6-10,13-14H,3-5,11-12,15H2,1-2H3,(H2,23,26). The highest BCUT2D eigenvalue weighted by atomic mass is 32.2. The van der Waals surface area contributed by atoms with E-state index in [0.717, 1.165) is 36.7 Å². The Balaban J connectivity index is 1.91. The van der Waals surface area contributed by atoms with E-state index in [1.807, 2.05) is 0 Å². The second-order valence-corrected chi connectivity index (χ2v) is 9.81. The van der Waals surface area contributed by atoms with E-state index in [1.54, 1.807) is 30.3 Å². The zero-order chi connectivity index (χ0) is 22.6. The van der Waals surface area contributed by atoms with Crippen LogP contribution in [0.25, 0.3) is 0 Å². The largest absolute Gasteiger partial charge is 0.457 e. The number of carbonyl (C=O) groups is 2. The van der Waals surface area contributed by atoms with Crippen molar-refractivity contribution in [3.63, 3.8) is 0 Å². The SMILES string of the molecule is CN(C)S(=O)(=O)c1ccc(N2CCCCC2)c(C(=O)OCc2cccc(C(N)=O)c2)c1. The lowest BCUT2D eigenvalue weighted by atomic mass is 10.1. The Morgan fingerprint density at radius 3 is 2.42 bits per heavy atom. The van der Waals surface area contributed by atoms with Gasteiger partial charge >= 0.3 is 5.97 Å². The number of nitrogens with two attached hydrogens (primary N) is 1. The van der Waals surface area contributed by atoms with E-state index in [4.69, 9.17) is 10.5 Å². The van der Waals surface area contributed by atoms with Crippen LogP contribution >= 0.6 is 0 Å². The van der Waals surface area contributed by atoms with Crippen molar-refractivity contribution in [2.75, 3.05) is 32.1 Å². The van der Waals surface area contributed by atoms with Crippen LogP contribution in [0.15, 0.2) is 47.4 Å². The molecule has 0 unspecified atom stereocenters. The third-order valence-corrected chi connectivity index (χ3v) is 7.06. The van der Waals surface area contributed by atoms with Gasteiger partial charge in [-0.15, -0.1) is 0 Å². The van der Waals surface area contributed by atoms with Crippen LogP contribution in [0, 0.1) is 0 Å². The molecule has 0 bridgehead atoms. The molecule has 1 amide bonds. The van der Waals surface area contributed by atoms with Crippen LogP contribution in [0.1, 0.15) is 45.5 Å². The molecule has 0 radical (unpaired) electrons. The Kier molecular flexibility index (Phi) is 6.97. The summed E-state index contributed by atoms with van der Waals surface area (Å²) in [5, 5.41) is 0. The Morgan fingerprint density at radius 1 is 1.06 bits per heavy atom. The summed E-state index contributed by atoms with van der Waals surface area (Å²) in [6.07, 6.45) is 3.14. The number of benzene rings is 2. The first-order chi connectivity index (χ1) is 14.7. The molecule has 8 nitrogen and oxygen atoms in total. The van der Waals surface area contributed by atoms with Gasteiger partial charge in [-0.2, -0.15) is 0 Å². The van der Waals surface area contributed by atoms with E-state index in [-0.39, 0.29) is 17.1 Å². The summed E-state index contributed by atoms with van der Waals surface area (Å²) in [5.41, 5.74) is 7.10. The third kappa shape index (κ3) is 5.23. The summed E-state index contributed by atoms with van der Waals surface area (Å²) in [4.78, 5) is 26.5. The molecule has 0 saturated carbocycles. The molecule has 0 spiro atoms. The van der Waals surface area contributed by atoms with Gasteiger partial charge in [-0.3, -0.25) is 4.79 Å². The van der Waals surface area contributed by atoms with Crippen molar-refractivity contribution in [1.29, 1.82) is 0 Å². The second kappa shape index (κ2) is 9.49. The number of nitrogens with zero attached hydrogens (tertiary/aromatic N) is 2. The number of piperidine rings is 1. The first-order valence-electron chi connectivity index (χ1n) is 10.1. The lowest BCUT2D eigenvalue weighted by Crippen LogP contribution is -2.31. The van der Waals surface area contributed by atoms with Gasteiger partial charge in [-0.05, 0) is 55.2 Å². The highest BCUT2D eigenvalue weighted by molar-refractivity contribution is 7.89. The lowest BCUT2D eigenvalue weighted by molar-refractivity contribution is 0.0473. The Labute approximate surface area is 182 Å². The maximum Gasteiger partial charge on any atom is 0.340 e. The molecule has 3 rings (SSSR count). The van der Waals surface area contributed by atoms with Gasteiger partial charge in [0.25, 0.3) is 0 Å². The van der Waals surface area contributed by atoms with Crippen LogP contribution in [0.3, 0.4) is 0 Å². The number of ether oxygens (including phenoxy) is 1. The van der Waals surface area contributed by atoms with Gasteiger partial charge in [0.15, 0.2) is 0 Å². The van der Waals surface area contributed by atoms with Crippen LogP contribution in [-0.4, -0.2) is 51.8 Å². The highest BCUT2D eigenvalue weighted by Crippen LogP contribution is 2.28. The number of carbonyl (C=O) groups excluding carboxylic acids is 2. The number of rotatable bonds is 7. The molecule has 2 N–H and O–H groups in total. The Bertz CT molecular complexity index is 1080. The van der Waals surface area contributed by atoms with E-state index in [0.29, 0.717) is 16.8 Å². The first kappa shape index (κ1) is 22.8. The van der Waals surface area contributed by atoms with Gasteiger partial charge in [0.2, 0.25) is 15.9 Å². The molecule has 1 aliphatic heterocycles. The van der Waals surface area contributed by atoms with E-state index in [9.17, 15) is 18.0 Å². The molecule has 2 aromatic carbocycles. The molecular weight excluding hydrogens is 418 g/mol. The fourth-order valence-corrected chi connectivity index (χ4v) is 4.43. The molecule has 1 heterocycles. The fraction of sp³-hybridized carbons (Fsp3) is 0.364. The lowest BCUT2D eigenvalue weighted by Gasteiger charge is -2.30. The normalized spacial score (nSPS) is 14.5. The second-order valence-electron chi connectivity index (χ2n) is 7.65. The van der Waals surface area contributed by atoms with E-state index >= 15 is 0 Å². The summed E-state index contributed by atoms with van der Waals surface area (Å²) < 4.78 is 31.8. The van der Waals surface area contributed by atoms with Gasteiger partial charge in [0.05, 0.1) is 16.1 Å². The molecule has 1 fully saturated rings. The zero-order valence-electron chi connectivity index (χ0n) is 17.7. The van der Waals surface area contributed by atoms with Gasteiger partial charge in [-0.1, -0.05) is 12.1 Å². The number of sulfonamides is 1. The number of hydrogen-bond acceptors (Lipinski definition) is 6. The van der Waals surface area contributed by atoms with E-state index < -0.39 is 21.9 Å². The van der Waals surface area contributed by atoms with E-state index in [2.05, 4.69) is 4.90 Å². The van der Waals surface area contributed by atoms with Crippen LogP contribution < -0.4 is 10.6 Å². The molecule has 1 aliphatic rings. The molecule has 2 aromatic rings. The van der Waals surface area contributed by atoms with Crippen molar-refractivity contribution < 1.29 is 22.7 Å². The van der Waals surface area contributed by atoms with Gasteiger partial charge in [0.1, 0.15) is 6.61 Å². The summed E-state index contributed by atoms with van der Waals surface area (Å²) in [5.74, 6) is -1.19. The zero-order valence-corrected chi connectivity index (χ0v) is 18.5.